The Hall–Kier alpha value is -3.52. The molecular weight excluding hydrogens is 540 g/mol. The van der Waals surface area contributed by atoms with Crippen LogP contribution >= 0.6 is 11.6 Å². The van der Waals surface area contributed by atoms with Gasteiger partial charge in [0.05, 0.1) is 17.7 Å². The number of nitrogens with one attached hydrogen (secondary N) is 2. The third-order valence-corrected chi connectivity index (χ3v) is 6.65. The number of ether oxygens (including phenoxy) is 1. The quantitative estimate of drug-likeness (QED) is 0.215. The fraction of sp³-hybridized carbons (Fsp3) is 0.333. The molecule has 2 aromatic carbocycles. The summed E-state index contributed by atoms with van der Waals surface area (Å²) in [5.41, 5.74) is 2.88. The number of esters is 1. The number of carbonyl (C=O) groups is 4. The third-order valence-electron chi connectivity index (χ3n) is 5.25. The highest BCUT2D eigenvalue weighted by Crippen LogP contribution is 2.21. The summed E-state index contributed by atoms with van der Waals surface area (Å²) in [6, 6.07) is 10.5. The van der Waals surface area contributed by atoms with Crippen molar-refractivity contribution in [1.29, 1.82) is 0 Å². The molecule has 0 radical (unpaired) electrons. The minimum atomic E-state index is -4.26. The summed E-state index contributed by atoms with van der Waals surface area (Å²) in [5.74, 6) is -3.87. The van der Waals surface area contributed by atoms with Gasteiger partial charge in [0.2, 0.25) is 10.0 Å². The monoisotopic (exact) mass is 568 g/mol. The number of carboxylic acids is 1. The van der Waals surface area contributed by atoms with Crippen molar-refractivity contribution in [3.8, 4) is 0 Å². The van der Waals surface area contributed by atoms with Gasteiger partial charge >= 0.3 is 11.9 Å². The number of primary sulfonamides is 1. The predicted octanol–water partition coefficient (Wildman–Crippen LogP) is 1.09. The van der Waals surface area contributed by atoms with Gasteiger partial charge in [0.1, 0.15) is 17.5 Å². The van der Waals surface area contributed by atoms with Gasteiger partial charge in [0.15, 0.2) is 0 Å². The van der Waals surface area contributed by atoms with Crippen molar-refractivity contribution in [2.24, 2.45) is 5.14 Å². The number of rotatable bonds is 12. The first-order valence-corrected chi connectivity index (χ1v) is 13.4. The lowest BCUT2D eigenvalue weighted by molar-refractivity contribution is -0.149. The predicted molar refractivity (Wildman–Crippen MR) is 137 cm³/mol. The summed E-state index contributed by atoms with van der Waals surface area (Å²) < 4.78 is 28.5. The van der Waals surface area contributed by atoms with Crippen LogP contribution in [0.15, 0.2) is 53.4 Å². The normalized spacial score (nSPS) is 12.7. The highest BCUT2D eigenvalue weighted by atomic mass is 35.5. The Bertz CT molecular complexity index is 1270. The van der Waals surface area contributed by atoms with E-state index in [2.05, 4.69) is 10.7 Å². The molecule has 2 atom stereocenters. The van der Waals surface area contributed by atoms with Gasteiger partial charge in [-0.05, 0) is 50.5 Å². The number of aryl methyl sites for hydroxylation is 1. The van der Waals surface area contributed by atoms with Crippen LogP contribution < -0.4 is 15.9 Å². The fourth-order valence-electron chi connectivity index (χ4n) is 3.43. The maximum absolute atomic E-state index is 13.1. The molecule has 0 saturated carbocycles. The molecule has 0 fully saturated rings. The molecule has 5 N–H and O–H groups in total. The van der Waals surface area contributed by atoms with Gasteiger partial charge < -0.3 is 9.84 Å². The Balaban J connectivity index is 2.20. The molecule has 0 aliphatic carbocycles. The van der Waals surface area contributed by atoms with Crippen LogP contribution in [-0.2, 0) is 35.6 Å². The lowest BCUT2D eigenvalue weighted by Gasteiger charge is -2.27. The summed E-state index contributed by atoms with van der Waals surface area (Å²) in [7, 11) is -4.26. The summed E-state index contributed by atoms with van der Waals surface area (Å²) in [5, 5.41) is 17.6. The molecule has 0 heterocycles. The number of nitrogens with zero attached hydrogens (tertiary/aromatic N) is 1. The first kappa shape index (κ1) is 30.7. The highest BCUT2D eigenvalue weighted by Gasteiger charge is 2.29. The second kappa shape index (κ2) is 13.9. The van der Waals surface area contributed by atoms with Gasteiger partial charge in [-0.25, -0.2) is 18.6 Å². The van der Waals surface area contributed by atoms with Crippen LogP contribution in [-0.4, -0.2) is 67.5 Å². The molecule has 12 nitrogen and oxygen atoms in total. The number of hydrogen-bond donors (Lipinski definition) is 4. The maximum Gasteiger partial charge on any atom is 0.325 e. The first-order valence-electron chi connectivity index (χ1n) is 11.5. The fourth-order valence-corrected chi connectivity index (χ4v) is 4.50. The lowest BCUT2D eigenvalue weighted by Crippen LogP contribution is -2.57. The van der Waals surface area contributed by atoms with Crippen molar-refractivity contribution in [3.63, 3.8) is 0 Å². The third kappa shape index (κ3) is 9.10. The number of aliphatic carboxylic acids is 1. The van der Waals surface area contributed by atoms with E-state index in [-0.39, 0.29) is 23.6 Å². The summed E-state index contributed by atoms with van der Waals surface area (Å²) in [4.78, 5) is 49.3. The number of sulfonamides is 1. The minimum absolute atomic E-state index is 0.119. The number of nitrogens with two attached hydrogens (primary N) is 1. The van der Waals surface area contributed by atoms with Gasteiger partial charge in [-0.1, -0.05) is 41.9 Å². The van der Waals surface area contributed by atoms with Gasteiger partial charge in [0.25, 0.3) is 11.8 Å². The molecule has 0 aliphatic heterocycles. The summed E-state index contributed by atoms with van der Waals surface area (Å²) in [6.07, 6.45) is 0.781. The molecule has 0 saturated heterocycles. The summed E-state index contributed by atoms with van der Waals surface area (Å²) in [6.45, 7) is 2.25. The van der Waals surface area contributed by atoms with Crippen LogP contribution in [0.5, 0.6) is 0 Å². The van der Waals surface area contributed by atoms with Gasteiger partial charge in [0, 0.05) is 5.56 Å². The van der Waals surface area contributed by atoms with Crippen LogP contribution in [0.25, 0.3) is 0 Å². The standard InChI is InChI=1S/C24H29ClN4O8S/c1-3-37-24(34)19(12-9-16-7-5-4-6-8-16)27-15(2)23(33)29(14-21(30)31)28-22(32)17-10-11-18(25)20(13-17)38(26,35)36/h4-8,10-11,13,15,19,27H,3,9,12,14H2,1-2H3,(H,28,32)(H,30,31)(H2,26,35,36)/t15-,19-/m0/s1. The minimum Gasteiger partial charge on any atom is -0.480 e. The van der Waals surface area contributed by atoms with E-state index in [1.165, 1.54) is 13.0 Å². The second-order valence-electron chi connectivity index (χ2n) is 8.17. The maximum atomic E-state index is 13.1. The number of benzene rings is 2. The number of hydrazine groups is 1. The second-order valence-corrected chi connectivity index (χ2v) is 10.1. The van der Waals surface area contributed by atoms with Crippen LogP contribution in [0, 0.1) is 0 Å². The van der Waals surface area contributed by atoms with Crippen LogP contribution in [0.1, 0.15) is 36.2 Å². The van der Waals surface area contributed by atoms with E-state index < -0.39 is 57.3 Å². The van der Waals surface area contributed by atoms with Gasteiger partial charge in [-0.3, -0.25) is 29.9 Å². The van der Waals surface area contributed by atoms with Gasteiger partial charge in [-0.15, -0.1) is 0 Å². The van der Waals surface area contributed by atoms with Crippen LogP contribution in [0.2, 0.25) is 5.02 Å². The van der Waals surface area contributed by atoms with Crippen molar-refractivity contribution < 1.29 is 37.4 Å². The van der Waals surface area contributed by atoms with Crippen LogP contribution in [0.4, 0.5) is 0 Å². The van der Waals surface area contributed by atoms with Crippen LogP contribution in [0.3, 0.4) is 0 Å². The molecule has 0 spiro atoms. The van der Waals surface area contributed by atoms with E-state index in [0.717, 1.165) is 17.7 Å². The molecule has 0 unspecified atom stereocenters. The molecule has 2 aromatic rings. The SMILES string of the molecule is CCOC(=O)[C@H](CCc1ccccc1)N[C@@H](C)C(=O)N(CC(=O)O)NC(=O)c1ccc(Cl)c(S(N)(=O)=O)c1. The molecule has 0 aromatic heterocycles. The average Bonchev–Trinajstić information content (AvgIpc) is 2.85. The Morgan fingerprint density at radius 2 is 1.79 bits per heavy atom. The van der Waals surface area contributed by atoms with Crippen molar-refractivity contribution >= 4 is 45.4 Å². The van der Waals surface area contributed by atoms with E-state index in [0.29, 0.717) is 11.4 Å². The molecule has 0 aliphatic rings. The van der Waals surface area contributed by atoms with Crippen molar-refractivity contribution in [2.75, 3.05) is 13.2 Å². The lowest BCUT2D eigenvalue weighted by atomic mass is 10.0. The van der Waals surface area contributed by atoms with Crippen molar-refractivity contribution in [2.45, 2.75) is 43.7 Å². The highest BCUT2D eigenvalue weighted by molar-refractivity contribution is 7.89. The molecule has 206 valence electrons. The number of halogens is 1. The van der Waals surface area contributed by atoms with Crippen molar-refractivity contribution in [1.82, 2.24) is 15.8 Å². The number of carbonyl (C=O) groups excluding carboxylic acids is 3. The zero-order valence-corrected chi connectivity index (χ0v) is 22.3. The number of amides is 2. The van der Waals surface area contributed by atoms with E-state index >= 15 is 0 Å². The van der Waals surface area contributed by atoms with E-state index in [9.17, 15) is 32.7 Å². The zero-order chi connectivity index (χ0) is 28.5. The molecule has 2 rings (SSSR count). The Labute approximate surface area is 225 Å². The average molecular weight is 569 g/mol. The van der Waals surface area contributed by atoms with E-state index in [4.69, 9.17) is 21.5 Å². The largest absolute Gasteiger partial charge is 0.480 e. The van der Waals surface area contributed by atoms with Gasteiger partial charge in [-0.2, -0.15) is 0 Å². The van der Waals surface area contributed by atoms with E-state index in [1.54, 1.807) is 6.92 Å². The Kier molecular flexibility index (Phi) is 11.2. The molecule has 0 bridgehead atoms. The molecule has 38 heavy (non-hydrogen) atoms. The Morgan fingerprint density at radius 3 is 2.37 bits per heavy atom. The molecule has 2 amide bonds. The zero-order valence-electron chi connectivity index (χ0n) is 20.7. The number of carboxylic acid groups (broad SMARTS) is 1. The topological polar surface area (TPSA) is 185 Å². The summed E-state index contributed by atoms with van der Waals surface area (Å²) >= 11 is 5.83. The smallest absolute Gasteiger partial charge is 0.325 e. The van der Waals surface area contributed by atoms with E-state index in [1.807, 2.05) is 30.3 Å². The first-order chi connectivity index (χ1) is 17.8. The molecular formula is C24H29ClN4O8S. The Morgan fingerprint density at radius 1 is 1.13 bits per heavy atom. The molecule has 14 heteroatoms. The number of hydrogen-bond acceptors (Lipinski definition) is 8. The van der Waals surface area contributed by atoms with Crippen molar-refractivity contribution in [3.05, 3.63) is 64.7 Å².